The van der Waals surface area contributed by atoms with E-state index in [2.05, 4.69) is 0 Å². The molecule has 0 amide bonds. The maximum Gasteiger partial charge on any atom is 0.127 e. The van der Waals surface area contributed by atoms with Crippen molar-refractivity contribution in [3.63, 3.8) is 0 Å². The van der Waals surface area contributed by atoms with Crippen molar-refractivity contribution in [3.05, 3.63) is 29.8 Å². The van der Waals surface area contributed by atoms with Gasteiger partial charge in [-0.05, 0) is 17.7 Å². The first-order valence-corrected chi connectivity index (χ1v) is 3.48. The van der Waals surface area contributed by atoms with Crippen LogP contribution in [-0.4, -0.2) is 11.4 Å². The number of phenols is 1. The molecule has 1 atom stereocenters. The fourth-order valence-corrected chi connectivity index (χ4v) is 0.887. The number of carbonyl (C=O) groups is 1. The molecule has 0 bridgehead atoms. The minimum Gasteiger partial charge on any atom is -0.508 e. The van der Waals surface area contributed by atoms with Crippen molar-refractivity contribution < 1.29 is 9.90 Å². The van der Waals surface area contributed by atoms with Crippen molar-refractivity contribution in [2.75, 3.05) is 0 Å². The molecule has 0 aliphatic heterocycles. The lowest BCUT2D eigenvalue weighted by Gasteiger charge is -2.02. The number of carbonyl (C=O) groups excluding carboxylic acids is 1. The van der Waals surface area contributed by atoms with Crippen molar-refractivity contribution in [3.8, 4) is 5.75 Å². The Morgan fingerprint density at radius 1 is 1.55 bits per heavy atom. The Bertz CT molecular complexity index is 255. The van der Waals surface area contributed by atoms with Gasteiger partial charge in [-0.15, -0.1) is 0 Å². The minimum atomic E-state index is -0.137. The first-order valence-electron chi connectivity index (χ1n) is 3.48. The molecular formula is C9H10O2. The van der Waals surface area contributed by atoms with Gasteiger partial charge in [-0.3, -0.25) is 0 Å². The summed E-state index contributed by atoms with van der Waals surface area (Å²) in [5, 5.41) is 9.04. The Hall–Kier alpha value is -1.31. The van der Waals surface area contributed by atoms with Crippen molar-refractivity contribution in [1.29, 1.82) is 0 Å². The van der Waals surface area contributed by atoms with E-state index in [-0.39, 0.29) is 11.7 Å². The fraction of sp³-hybridized carbons (Fsp3) is 0.222. The van der Waals surface area contributed by atoms with Gasteiger partial charge in [0.05, 0.1) is 0 Å². The SMILES string of the molecule is CC(C=O)c1cccc(O)c1. The van der Waals surface area contributed by atoms with Crippen LogP contribution >= 0.6 is 0 Å². The first kappa shape index (κ1) is 7.79. The molecule has 58 valence electrons. The number of aldehydes is 1. The Labute approximate surface area is 65.5 Å². The van der Waals surface area contributed by atoms with Gasteiger partial charge in [0, 0.05) is 5.92 Å². The van der Waals surface area contributed by atoms with Crippen LogP contribution in [0.1, 0.15) is 18.4 Å². The lowest BCUT2D eigenvalue weighted by atomic mass is 10.0. The largest absolute Gasteiger partial charge is 0.508 e. The molecule has 1 aromatic rings. The quantitative estimate of drug-likeness (QED) is 0.651. The normalized spacial score (nSPS) is 12.5. The monoisotopic (exact) mass is 150 g/mol. The summed E-state index contributed by atoms with van der Waals surface area (Å²) in [6.45, 7) is 1.79. The van der Waals surface area contributed by atoms with Gasteiger partial charge in [-0.25, -0.2) is 0 Å². The molecule has 0 fully saturated rings. The van der Waals surface area contributed by atoms with Crippen LogP contribution in [0.3, 0.4) is 0 Å². The molecule has 2 nitrogen and oxygen atoms in total. The molecule has 11 heavy (non-hydrogen) atoms. The predicted octanol–water partition coefficient (Wildman–Crippen LogP) is 1.69. The third-order valence-electron chi connectivity index (χ3n) is 1.60. The lowest BCUT2D eigenvalue weighted by molar-refractivity contribution is -0.108. The predicted molar refractivity (Wildman–Crippen MR) is 42.6 cm³/mol. The highest BCUT2D eigenvalue weighted by atomic mass is 16.3. The number of aromatic hydroxyl groups is 1. The van der Waals surface area contributed by atoms with Crippen LogP contribution in [0.15, 0.2) is 24.3 Å². The average Bonchev–Trinajstić information content (AvgIpc) is 2.03. The summed E-state index contributed by atoms with van der Waals surface area (Å²) in [6, 6.07) is 6.73. The second kappa shape index (κ2) is 3.19. The Kier molecular flexibility index (Phi) is 2.26. The highest BCUT2D eigenvalue weighted by Crippen LogP contribution is 2.17. The second-order valence-corrected chi connectivity index (χ2v) is 2.52. The van der Waals surface area contributed by atoms with Gasteiger partial charge in [0.1, 0.15) is 12.0 Å². The molecule has 1 rings (SSSR count). The van der Waals surface area contributed by atoms with E-state index in [0.717, 1.165) is 11.8 Å². The first-order chi connectivity index (χ1) is 5.24. The molecule has 0 spiro atoms. The molecule has 0 saturated heterocycles. The molecule has 1 N–H and O–H groups in total. The molecular weight excluding hydrogens is 140 g/mol. The maximum absolute atomic E-state index is 10.3. The van der Waals surface area contributed by atoms with E-state index in [4.69, 9.17) is 5.11 Å². The third kappa shape index (κ3) is 1.80. The van der Waals surface area contributed by atoms with Crippen LogP contribution in [0.25, 0.3) is 0 Å². The smallest absolute Gasteiger partial charge is 0.127 e. The maximum atomic E-state index is 10.3. The third-order valence-corrected chi connectivity index (χ3v) is 1.60. The number of benzene rings is 1. The van der Waals surface area contributed by atoms with Crippen LogP contribution in [0.2, 0.25) is 0 Å². The van der Waals surface area contributed by atoms with E-state index in [0.29, 0.717) is 0 Å². The standard InChI is InChI=1S/C9H10O2/c1-7(6-10)8-3-2-4-9(11)5-8/h2-7,11H,1H3. The molecule has 0 aliphatic rings. The molecule has 0 aliphatic carbocycles. The molecule has 1 unspecified atom stereocenters. The highest BCUT2D eigenvalue weighted by molar-refractivity contribution is 5.61. The van der Waals surface area contributed by atoms with E-state index in [1.54, 1.807) is 25.1 Å². The van der Waals surface area contributed by atoms with Crippen molar-refractivity contribution in [1.82, 2.24) is 0 Å². The Balaban J connectivity index is 2.95. The van der Waals surface area contributed by atoms with Gasteiger partial charge in [0.15, 0.2) is 0 Å². The van der Waals surface area contributed by atoms with E-state index in [9.17, 15) is 4.79 Å². The van der Waals surface area contributed by atoms with Gasteiger partial charge in [0.25, 0.3) is 0 Å². The number of hydrogen-bond acceptors (Lipinski definition) is 2. The zero-order valence-electron chi connectivity index (χ0n) is 6.32. The molecule has 0 radical (unpaired) electrons. The second-order valence-electron chi connectivity index (χ2n) is 2.52. The Morgan fingerprint density at radius 2 is 2.27 bits per heavy atom. The lowest BCUT2D eigenvalue weighted by Crippen LogP contribution is -1.92. The van der Waals surface area contributed by atoms with Crippen molar-refractivity contribution >= 4 is 6.29 Å². The number of hydrogen-bond donors (Lipinski definition) is 1. The summed E-state index contributed by atoms with van der Waals surface area (Å²) in [7, 11) is 0. The molecule has 2 heteroatoms. The Morgan fingerprint density at radius 3 is 2.82 bits per heavy atom. The number of rotatable bonds is 2. The van der Waals surface area contributed by atoms with Crippen LogP contribution in [-0.2, 0) is 4.79 Å². The zero-order chi connectivity index (χ0) is 8.27. The van der Waals surface area contributed by atoms with Crippen LogP contribution < -0.4 is 0 Å². The van der Waals surface area contributed by atoms with E-state index in [1.807, 2.05) is 6.07 Å². The zero-order valence-corrected chi connectivity index (χ0v) is 6.32. The van der Waals surface area contributed by atoms with Gasteiger partial charge >= 0.3 is 0 Å². The van der Waals surface area contributed by atoms with E-state index >= 15 is 0 Å². The molecule has 0 saturated carbocycles. The fourth-order valence-electron chi connectivity index (χ4n) is 0.887. The summed E-state index contributed by atoms with van der Waals surface area (Å²) in [6.07, 6.45) is 0.856. The molecule has 0 heterocycles. The van der Waals surface area contributed by atoms with E-state index < -0.39 is 0 Å². The van der Waals surface area contributed by atoms with Crippen molar-refractivity contribution in [2.45, 2.75) is 12.8 Å². The van der Waals surface area contributed by atoms with Gasteiger partial charge in [0.2, 0.25) is 0 Å². The summed E-state index contributed by atoms with van der Waals surface area (Å²) >= 11 is 0. The molecule has 1 aromatic carbocycles. The highest BCUT2D eigenvalue weighted by Gasteiger charge is 2.02. The summed E-state index contributed by atoms with van der Waals surface area (Å²) in [5.41, 5.74) is 0.847. The van der Waals surface area contributed by atoms with Crippen LogP contribution in [0.4, 0.5) is 0 Å². The summed E-state index contributed by atoms with van der Waals surface area (Å²) in [4.78, 5) is 10.3. The summed E-state index contributed by atoms with van der Waals surface area (Å²) in [5.74, 6) is 0.0679. The minimum absolute atomic E-state index is 0.137. The van der Waals surface area contributed by atoms with Gasteiger partial charge in [-0.2, -0.15) is 0 Å². The van der Waals surface area contributed by atoms with Crippen LogP contribution in [0, 0.1) is 0 Å². The van der Waals surface area contributed by atoms with Gasteiger partial charge in [-0.1, -0.05) is 19.1 Å². The average molecular weight is 150 g/mol. The number of phenolic OH excluding ortho intramolecular Hbond substituents is 1. The van der Waals surface area contributed by atoms with E-state index in [1.165, 1.54) is 0 Å². The van der Waals surface area contributed by atoms with Crippen molar-refractivity contribution in [2.24, 2.45) is 0 Å². The topological polar surface area (TPSA) is 37.3 Å². The van der Waals surface area contributed by atoms with Crippen LogP contribution in [0.5, 0.6) is 5.75 Å². The summed E-state index contributed by atoms with van der Waals surface area (Å²) < 4.78 is 0. The van der Waals surface area contributed by atoms with Gasteiger partial charge < -0.3 is 9.90 Å². The molecule has 0 aromatic heterocycles.